The molecule has 1 amide bonds. The van der Waals surface area contributed by atoms with Crippen molar-refractivity contribution in [3.05, 3.63) is 66.0 Å². The van der Waals surface area contributed by atoms with Gasteiger partial charge in [-0.05, 0) is 42.0 Å². The van der Waals surface area contributed by atoms with Crippen LogP contribution in [0.25, 0.3) is 0 Å². The largest absolute Gasteiger partial charge is 0.467 e. The molecule has 0 aromatic heterocycles. The van der Waals surface area contributed by atoms with Gasteiger partial charge in [-0.15, -0.1) is 0 Å². The third kappa shape index (κ3) is 5.81. The average molecular weight is 554 g/mol. The summed E-state index contributed by atoms with van der Waals surface area (Å²) in [4.78, 5) is 24.6. The van der Waals surface area contributed by atoms with Crippen LogP contribution in [-0.2, 0) is 16.0 Å². The van der Waals surface area contributed by atoms with Crippen molar-refractivity contribution in [3.8, 4) is 0 Å². The minimum absolute atomic E-state index is 0.245. The first-order valence-corrected chi connectivity index (χ1v) is 9.84. The molecule has 1 N–H and O–H groups in total. The van der Waals surface area contributed by atoms with Gasteiger partial charge in [-0.1, -0.05) is 59.4 Å². The van der Waals surface area contributed by atoms with E-state index in [2.05, 4.69) is 53.1 Å². The molecule has 0 radical (unpaired) electrons. The van der Waals surface area contributed by atoms with E-state index >= 15 is 0 Å². The summed E-state index contributed by atoms with van der Waals surface area (Å²) in [6.45, 7) is 0. The molecule has 4 nitrogen and oxygen atoms in total. The normalized spacial score (nSPS) is 11.7. The number of carbonyl (C=O) groups is 2. The fourth-order valence-corrected chi connectivity index (χ4v) is 4.08. The highest BCUT2D eigenvalue weighted by atomic mass is 79.9. The third-order valence-corrected chi connectivity index (χ3v) is 5.27. The highest BCUT2D eigenvalue weighted by Gasteiger charge is 2.24. The van der Waals surface area contributed by atoms with E-state index < -0.39 is 12.0 Å². The van der Waals surface area contributed by atoms with Crippen LogP contribution in [0.15, 0.2) is 49.8 Å². The van der Waals surface area contributed by atoms with Crippen molar-refractivity contribution in [1.82, 2.24) is 5.32 Å². The SMILES string of the molecule is COC(=O)[C@H](Cc1cc(Cl)ccc1Br)NC(=O)c1cc(Br)cc(Br)c1. The Morgan fingerprint density at radius 1 is 1.12 bits per heavy atom. The minimum atomic E-state index is -0.843. The van der Waals surface area contributed by atoms with Crippen LogP contribution in [0.4, 0.5) is 0 Å². The first-order valence-electron chi connectivity index (χ1n) is 7.09. The molecule has 8 heteroatoms. The molecule has 0 unspecified atom stereocenters. The molecule has 132 valence electrons. The Morgan fingerprint density at radius 2 is 1.76 bits per heavy atom. The lowest BCUT2D eigenvalue weighted by atomic mass is 10.1. The van der Waals surface area contributed by atoms with Gasteiger partial charge in [0.2, 0.25) is 0 Å². The van der Waals surface area contributed by atoms with E-state index in [1.807, 2.05) is 6.07 Å². The van der Waals surface area contributed by atoms with Gasteiger partial charge in [0, 0.05) is 30.4 Å². The van der Waals surface area contributed by atoms with Crippen molar-refractivity contribution in [2.24, 2.45) is 0 Å². The van der Waals surface area contributed by atoms with Crippen molar-refractivity contribution in [1.29, 1.82) is 0 Å². The van der Waals surface area contributed by atoms with Crippen LogP contribution in [0.5, 0.6) is 0 Å². The monoisotopic (exact) mass is 551 g/mol. The van der Waals surface area contributed by atoms with Crippen molar-refractivity contribution < 1.29 is 14.3 Å². The minimum Gasteiger partial charge on any atom is -0.467 e. The van der Waals surface area contributed by atoms with Crippen LogP contribution >= 0.6 is 59.4 Å². The number of esters is 1. The van der Waals surface area contributed by atoms with Crippen molar-refractivity contribution in [3.63, 3.8) is 0 Å². The van der Waals surface area contributed by atoms with Crippen molar-refractivity contribution in [2.75, 3.05) is 7.11 Å². The maximum atomic E-state index is 12.5. The topological polar surface area (TPSA) is 55.4 Å². The van der Waals surface area contributed by atoms with Gasteiger partial charge in [-0.3, -0.25) is 4.79 Å². The quantitative estimate of drug-likeness (QED) is 0.521. The number of amides is 1. The Labute approximate surface area is 175 Å². The molecule has 2 aromatic carbocycles. The lowest BCUT2D eigenvalue weighted by molar-refractivity contribution is -0.142. The standard InChI is InChI=1S/C17H13Br3ClNO3/c1-25-17(24)15(7-9-6-13(21)2-3-14(9)20)22-16(23)10-4-11(18)8-12(19)5-10/h2-6,8,15H,7H2,1H3,(H,22,23)/t15-/m0/s1. The first-order chi connectivity index (χ1) is 11.8. The summed E-state index contributed by atoms with van der Waals surface area (Å²) in [5.74, 6) is -0.912. The predicted octanol–water partition coefficient (Wildman–Crippen LogP) is 5.14. The molecule has 25 heavy (non-hydrogen) atoms. The number of benzene rings is 2. The zero-order chi connectivity index (χ0) is 18.6. The van der Waals surface area contributed by atoms with Gasteiger partial charge in [0.05, 0.1) is 7.11 Å². The van der Waals surface area contributed by atoms with E-state index in [4.69, 9.17) is 16.3 Å². The number of hydrogen-bond acceptors (Lipinski definition) is 3. The van der Waals surface area contributed by atoms with Gasteiger partial charge in [0.15, 0.2) is 0 Å². The van der Waals surface area contributed by atoms with Crippen LogP contribution < -0.4 is 5.32 Å². The average Bonchev–Trinajstić information content (AvgIpc) is 2.55. The highest BCUT2D eigenvalue weighted by molar-refractivity contribution is 9.11. The second-order valence-electron chi connectivity index (χ2n) is 5.15. The van der Waals surface area contributed by atoms with Crippen molar-refractivity contribution in [2.45, 2.75) is 12.5 Å². The van der Waals surface area contributed by atoms with Gasteiger partial charge >= 0.3 is 5.97 Å². The molecule has 0 saturated heterocycles. The van der Waals surface area contributed by atoms with E-state index in [1.165, 1.54) is 7.11 Å². The molecule has 0 saturated carbocycles. The number of carbonyl (C=O) groups excluding carboxylic acids is 2. The number of methoxy groups -OCH3 is 1. The molecule has 0 heterocycles. The van der Waals surface area contributed by atoms with Crippen LogP contribution in [0.3, 0.4) is 0 Å². The summed E-state index contributed by atoms with van der Waals surface area (Å²) in [5.41, 5.74) is 1.21. The number of ether oxygens (including phenoxy) is 1. The maximum absolute atomic E-state index is 12.5. The maximum Gasteiger partial charge on any atom is 0.328 e. The van der Waals surface area contributed by atoms with Gasteiger partial charge < -0.3 is 10.1 Å². The van der Waals surface area contributed by atoms with Crippen LogP contribution in [0.2, 0.25) is 5.02 Å². The number of halogens is 4. The molecule has 2 rings (SSSR count). The molecule has 0 spiro atoms. The van der Waals surface area contributed by atoms with Gasteiger partial charge in [-0.25, -0.2) is 4.79 Å². The second-order valence-corrected chi connectivity index (χ2v) is 8.27. The van der Waals surface area contributed by atoms with Crippen LogP contribution in [0, 0.1) is 0 Å². The third-order valence-electron chi connectivity index (χ3n) is 3.35. The number of nitrogens with one attached hydrogen (secondary N) is 1. The van der Waals surface area contributed by atoms with Crippen LogP contribution in [0.1, 0.15) is 15.9 Å². The van der Waals surface area contributed by atoms with Gasteiger partial charge in [0.1, 0.15) is 6.04 Å². The lowest BCUT2D eigenvalue weighted by Crippen LogP contribution is -2.43. The molecule has 0 aliphatic carbocycles. The number of rotatable bonds is 5. The molecular formula is C17H13Br3ClNO3. The zero-order valence-electron chi connectivity index (χ0n) is 13.0. The Kier molecular flexibility index (Phi) is 7.49. The molecule has 0 fully saturated rings. The van der Waals surface area contributed by atoms with E-state index in [1.54, 1.807) is 30.3 Å². The van der Waals surface area contributed by atoms with E-state index in [0.29, 0.717) is 10.6 Å². The molecule has 0 bridgehead atoms. The highest BCUT2D eigenvalue weighted by Crippen LogP contribution is 2.23. The van der Waals surface area contributed by atoms with Gasteiger partial charge in [0.25, 0.3) is 5.91 Å². The summed E-state index contributed by atoms with van der Waals surface area (Å²) >= 11 is 16.1. The van der Waals surface area contributed by atoms with Crippen molar-refractivity contribution >= 4 is 71.3 Å². The number of hydrogen-bond donors (Lipinski definition) is 1. The molecule has 2 aromatic rings. The van der Waals surface area contributed by atoms with E-state index in [-0.39, 0.29) is 12.3 Å². The van der Waals surface area contributed by atoms with E-state index in [0.717, 1.165) is 19.0 Å². The summed E-state index contributed by atoms with van der Waals surface area (Å²) in [6, 6.07) is 9.58. The Hall–Kier alpha value is -0.890. The summed E-state index contributed by atoms with van der Waals surface area (Å²) in [5, 5.41) is 3.26. The Bertz CT molecular complexity index is 793. The lowest BCUT2D eigenvalue weighted by Gasteiger charge is -2.18. The summed E-state index contributed by atoms with van der Waals surface area (Å²) < 4.78 is 7.11. The predicted molar refractivity (Wildman–Crippen MR) is 108 cm³/mol. The van der Waals surface area contributed by atoms with E-state index in [9.17, 15) is 9.59 Å². The molecule has 0 aliphatic heterocycles. The fourth-order valence-electron chi connectivity index (χ4n) is 2.18. The second kappa shape index (κ2) is 9.16. The summed E-state index contributed by atoms with van der Waals surface area (Å²) in [6.07, 6.45) is 0.245. The molecule has 0 aliphatic rings. The smallest absolute Gasteiger partial charge is 0.328 e. The fraction of sp³-hybridized carbons (Fsp3) is 0.176. The van der Waals surface area contributed by atoms with Crippen LogP contribution in [-0.4, -0.2) is 25.0 Å². The Morgan fingerprint density at radius 3 is 2.36 bits per heavy atom. The first kappa shape index (κ1) is 20.4. The Balaban J connectivity index is 2.24. The molecule has 1 atom stereocenters. The summed E-state index contributed by atoms with van der Waals surface area (Å²) in [7, 11) is 1.28. The zero-order valence-corrected chi connectivity index (χ0v) is 18.5. The van der Waals surface area contributed by atoms with Gasteiger partial charge in [-0.2, -0.15) is 0 Å². The molecular weight excluding hydrogens is 541 g/mol.